The smallest absolute Gasteiger partial charge is 0.279 e. The zero-order valence-electron chi connectivity index (χ0n) is 11.8. The number of amides is 2. The molecule has 7 heteroatoms. The summed E-state index contributed by atoms with van der Waals surface area (Å²) in [6.45, 7) is 1.85. The molecule has 0 unspecified atom stereocenters. The molecule has 1 aromatic rings. The van der Waals surface area contributed by atoms with E-state index in [1.807, 2.05) is 25.1 Å². The number of carbonyl (C=O) groups excluding carboxylic acids is 2. The Labute approximate surface area is 132 Å². The average molecular weight is 329 g/mol. The molecule has 2 N–H and O–H groups in total. The van der Waals surface area contributed by atoms with Crippen LogP contribution in [0, 0.1) is 0 Å². The molecule has 21 heavy (non-hydrogen) atoms. The molecular weight excluding hydrogens is 312 g/mol. The lowest BCUT2D eigenvalue weighted by molar-refractivity contribution is -0.123. The van der Waals surface area contributed by atoms with Crippen molar-refractivity contribution in [2.45, 2.75) is 25.1 Å². The SMILES string of the molecule is CO[C@H](c1ccccc1Cl)[C@H](C)NC(=O)[C@@H]1CSC(=O)N1. The summed E-state index contributed by atoms with van der Waals surface area (Å²) in [5.74, 6) is 0.233. The molecule has 2 rings (SSSR count). The highest BCUT2D eigenvalue weighted by atomic mass is 35.5. The van der Waals surface area contributed by atoms with E-state index >= 15 is 0 Å². The van der Waals surface area contributed by atoms with Crippen LogP contribution in [-0.4, -0.2) is 36.1 Å². The van der Waals surface area contributed by atoms with Gasteiger partial charge in [-0.1, -0.05) is 41.6 Å². The van der Waals surface area contributed by atoms with Gasteiger partial charge in [-0.3, -0.25) is 9.59 Å². The predicted molar refractivity (Wildman–Crippen MR) is 83.6 cm³/mol. The number of hydrogen-bond acceptors (Lipinski definition) is 4. The fraction of sp³-hybridized carbons (Fsp3) is 0.429. The van der Waals surface area contributed by atoms with Crippen molar-refractivity contribution in [1.29, 1.82) is 0 Å². The van der Waals surface area contributed by atoms with E-state index in [0.717, 1.165) is 17.3 Å². The van der Waals surface area contributed by atoms with Crippen molar-refractivity contribution in [2.75, 3.05) is 12.9 Å². The van der Waals surface area contributed by atoms with E-state index in [1.54, 1.807) is 13.2 Å². The molecule has 0 spiro atoms. The van der Waals surface area contributed by atoms with Crippen LogP contribution >= 0.6 is 23.4 Å². The van der Waals surface area contributed by atoms with E-state index < -0.39 is 6.04 Å². The van der Waals surface area contributed by atoms with Crippen LogP contribution < -0.4 is 10.6 Å². The topological polar surface area (TPSA) is 67.4 Å². The number of rotatable bonds is 5. The van der Waals surface area contributed by atoms with E-state index in [1.165, 1.54) is 0 Å². The van der Waals surface area contributed by atoms with Gasteiger partial charge in [0.1, 0.15) is 12.1 Å². The Bertz CT molecular complexity index is 541. The number of benzene rings is 1. The summed E-state index contributed by atoms with van der Waals surface area (Å²) in [6.07, 6.45) is -0.354. The van der Waals surface area contributed by atoms with Gasteiger partial charge in [-0.05, 0) is 13.0 Å². The van der Waals surface area contributed by atoms with Crippen LogP contribution in [0.15, 0.2) is 24.3 Å². The van der Waals surface area contributed by atoms with Crippen molar-refractivity contribution in [1.82, 2.24) is 10.6 Å². The molecule has 2 amide bonds. The quantitative estimate of drug-likeness (QED) is 0.870. The predicted octanol–water partition coefficient (Wildman–Crippen LogP) is 2.36. The maximum absolute atomic E-state index is 12.1. The molecule has 1 heterocycles. The Morgan fingerprint density at radius 3 is 2.81 bits per heavy atom. The highest BCUT2D eigenvalue weighted by molar-refractivity contribution is 8.14. The van der Waals surface area contributed by atoms with Crippen LogP contribution in [0.3, 0.4) is 0 Å². The van der Waals surface area contributed by atoms with Gasteiger partial charge in [0.25, 0.3) is 5.24 Å². The lowest BCUT2D eigenvalue weighted by atomic mass is 10.0. The number of hydrogen-bond donors (Lipinski definition) is 2. The monoisotopic (exact) mass is 328 g/mol. The van der Waals surface area contributed by atoms with Crippen molar-refractivity contribution in [3.8, 4) is 0 Å². The molecule has 0 radical (unpaired) electrons. The molecule has 0 saturated carbocycles. The Balaban J connectivity index is 2.03. The summed E-state index contributed by atoms with van der Waals surface area (Å²) in [5.41, 5.74) is 0.819. The summed E-state index contributed by atoms with van der Waals surface area (Å²) in [6, 6.07) is 6.60. The minimum atomic E-state index is -0.492. The van der Waals surface area contributed by atoms with Gasteiger partial charge in [-0.15, -0.1) is 0 Å². The molecule has 0 aromatic heterocycles. The van der Waals surface area contributed by atoms with E-state index in [9.17, 15) is 9.59 Å². The van der Waals surface area contributed by atoms with E-state index in [-0.39, 0.29) is 23.3 Å². The van der Waals surface area contributed by atoms with Gasteiger partial charge in [-0.2, -0.15) is 0 Å². The van der Waals surface area contributed by atoms with E-state index in [2.05, 4.69) is 10.6 Å². The van der Waals surface area contributed by atoms with Gasteiger partial charge in [-0.25, -0.2) is 0 Å². The Morgan fingerprint density at radius 2 is 2.24 bits per heavy atom. The standard InChI is InChI=1S/C14H17ClN2O3S/c1-8(16-13(18)11-7-21-14(19)17-11)12(20-2)9-5-3-4-6-10(9)15/h3-6,8,11-12H,7H2,1-2H3,(H,16,18)(H,17,19)/t8-,11-,12-/m0/s1. The summed E-state index contributed by atoms with van der Waals surface area (Å²) in [5, 5.41) is 5.90. The lowest BCUT2D eigenvalue weighted by Gasteiger charge is -2.26. The van der Waals surface area contributed by atoms with Crippen molar-refractivity contribution >= 4 is 34.5 Å². The third-order valence-corrected chi connectivity index (χ3v) is 4.50. The molecule has 5 nitrogen and oxygen atoms in total. The van der Waals surface area contributed by atoms with Gasteiger partial charge in [0.15, 0.2) is 0 Å². The largest absolute Gasteiger partial charge is 0.375 e. The third kappa shape index (κ3) is 3.90. The van der Waals surface area contributed by atoms with Crippen LogP contribution in [-0.2, 0) is 9.53 Å². The molecule has 1 aliphatic heterocycles. The number of methoxy groups -OCH3 is 1. The molecule has 1 saturated heterocycles. The number of ether oxygens (including phenoxy) is 1. The molecule has 1 aromatic carbocycles. The molecule has 0 bridgehead atoms. The maximum Gasteiger partial charge on any atom is 0.279 e. The van der Waals surface area contributed by atoms with Crippen LogP contribution in [0.25, 0.3) is 0 Å². The van der Waals surface area contributed by atoms with Crippen LogP contribution in [0.1, 0.15) is 18.6 Å². The molecule has 1 aliphatic rings. The first kappa shape index (κ1) is 16.1. The fourth-order valence-electron chi connectivity index (χ4n) is 2.23. The molecule has 1 fully saturated rings. The lowest BCUT2D eigenvalue weighted by Crippen LogP contribution is -2.48. The number of halogens is 1. The first-order valence-electron chi connectivity index (χ1n) is 6.53. The zero-order chi connectivity index (χ0) is 15.4. The summed E-state index contributed by atoms with van der Waals surface area (Å²) >= 11 is 7.28. The first-order chi connectivity index (χ1) is 10.0. The maximum atomic E-state index is 12.1. The molecule has 3 atom stereocenters. The van der Waals surface area contributed by atoms with E-state index in [4.69, 9.17) is 16.3 Å². The Hall–Kier alpha value is -1.24. The highest BCUT2D eigenvalue weighted by Crippen LogP contribution is 2.27. The van der Waals surface area contributed by atoms with E-state index in [0.29, 0.717) is 10.8 Å². The Kier molecular flexibility index (Phi) is 5.50. The zero-order valence-corrected chi connectivity index (χ0v) is 13.3. The molecular formula is C14H17ClN2O3S. The van der Waals surface area contributed by atoms with Crippen molar-refractivity contribution in [3.63, 3.8) is 0 Å². The first-order valence-corrected chi connectivity index (χ1v) is 7.90. The van der Waals surface area contributed by atoms with Gasteiger partial charge < -0.3 is 15.4 Å². The normalized spacial score (nSPS) is 20.7. The second-order valence-electron chi connectivity index (χ2n) is 4.77. The number of carbonyl (C=O) groups is 2. The number of nitrogens with one attached hydrogen (secondary N) is 2. The van der Waals surface area contributed by atoms with Crippen LogP contribution in [0.4, 0.5) is 4.79 Å². The molecule has 114 valence electrons. The van der Waals surface area contributed by atoms with Gasteiger partial charge >= 0.3 is 0 Å². The van der Waals surface area contributed by atoms with Gasteiger partial charge in [0, 0.05) is 23.4 Å². The highest BCUT2D eigenvalue weighted by Gasteiger charge is 2.30. The van der Waals surface area contributed by atoms with Crippen molar-refractivity contribution in [3.05, 3.63) is 34.9 Å². The second kappa shape index (κ2) is 7.15. The second-order valence-corrected chi connectivity index (χ2v) is 6.17. The van der Waals surface area contributed by atoms with Crippen molar-refractivity contribution in [2.24, 2.45) is 0 Å². The number of thioether (sulfide) groups is 1. The average Bonchev–Trinajstić information content (AvgIpc) is 2.88. The minimum absolute atomic E-state index is 0.169. The van der Waals surface area contributed by atoms with Crippen LogP contribution in [0.5, 0.6) is 0 Å². The van der Waals surface area contributed by atoms with Gasteiger partial charge in [0.05, 0.1) is 6.04 Å². The summed E-state index contributed by atoms with van der Waals surface area (Å²) in [4.78, 5) is 23.2. The Morgan fingerprint density at radius 1 is 1.52 bits per heavy atom. The third-order valence-electron chi connectivity index (χ3n) is 3.28. The fourth-order valence-corrected chi connectivity index (χ4v) is 3.25. The molecule has 0 aliphatic carbocycles. The summed E-state index contributed by atoms with van der Waals surface area (Å²) < 4.78 is 5.47. The van der Waals surface area contributed by atoms with Crippen LogP contribution in [0.2, 0.25) is 5.02 Å². The minimum Gasteiger partial charge on any atom is -0.375 e. The van der Waals surface area contributed by atoms with Gasteiger partial charge in [0.2, 0.25) is 5.91 Å². The van der Waals surface area contributed by atoms with Crippen molar-refractivity contribution < 1.29 is 14.3 Å². The summed E-state index contributed by atoms with van der Waals surface area (Å²) in [7, 11) is 1.57.